The Labute approximate surface area is 174 Å². The Hall–Kier alpha value is -2.40. The monoisotopic (exact) mass is 416 g/mol. The van der Waals surface area contributed by atoms with Crippen LogP contribution in [-0.4, -0.2) is 4.21 Å². The van der Waals surface area contributed by atoms with E-state index < -0.39 is 10.8 Å². The second-order valence-corrected chi connectivity index (χ2v) is 10.0. The Balaban J connectivity index is 1.75. The maximum Gasteiger partial charge on any atom is 0.0856 e. The highest BCUT2D eigenvalue weighted by molar-refractivity contribution is 7.99. The Bertz CT molecular complexity index is 1290. The van der Waals surface area contributed by atoms with Gasteiger partial charge in [0.25, 0.3) is 0 Å². The third-order valence-electron chi connectivity index (χ3n) is 4.57. The van der Waals surface area contributed by atoms with E-state index in [1.54, 1.807) is 23.1 Å². The average Bonchev–Trinajstić information content (AvgIpc) is 3.14. The maximum absolute atomic E-state index is 13.4. The zero-order valence-corrected chi connectivity index (χ0v) is 17.3. The molecular formula is C24H16OS3. The van der Waals surface area contributed by atoms with Crippen molar-refractivity contribution in [1.82, 2.24) is 0 Å². The van der Waals surface area contributed by atoms with Gasteiger partial charge in [-0.15, -0.1) is 11.3 Å². The molecule has 4 aromatic carbocycles. The van der Waals surface area contributed by atoms with E-state index in [0.717, 1.165) is 15.2 Å². The van der Waals surface area contributed by atoms with Crippen molar-refractivity contribution in [2.45, 2.75) is 19.6 Å². The minimum Gasteiger partial charge on any atom is -0.249 e. The number of rotatable bonds is 4. The van der Waals surface area contributed by atoms with Crippen LogP contribution in [0.2, 0.25) is 0 Å². The molecule has 0 unspecified atom stereocenters. The molecule has 1 atom stereocenters. The summed E-state index contributed by atoms with van der Waals surface area (Å²) < 4.78 is 15.8. The highest BCUT2D eigenvalue weighted by atomic mass is 32.2. The first-order valence-electron chi connectivity index (χ1n) is 8.95. The van der Waals surface area contributed by atoms with E-state index in [-0.39, 0.29) is 0 Å². The molecule has 1 heterocycles. The molecule has 4 heteroatoms. The first-order valence-corrected chi connectivity index (χ1v) is 11.7. The molecule has 0 N–H and O–H groups in total. The van der Waals surface area contributed by atoms with Crippen LogP contribution in [0, 0.1) is 0 Å². The maximum atomic E-state index is 13.4. The third-order valence-corrected chi connectivity index (χ3v) is 8.20. The Morgan fingerprint density at radius 2 is 1.29 bits per heavy atom. The Morgan fingerprint density at radius 3 is 2.04 bits per heavy atom. The fourth-order valence-corrected chi connectivity index (χ4v) is 6.88. The van der Waals surface area contributed by atoms with Crippen LogP contribution in [0.4, 0.5) is 0 Å². The number of hydrogen-bond acceptors (Lipinski definition) is 3. The summed E-state index contributed by atoms with van der Waals surface area (Å²) in [6, 6.07) is 32.7. The van der Waals surface area contributed by atoms with Crippen molar-refractivity contribution in [2.24, 2.45) is 0 Å². The second-order valence-electron chi connectivity index (χ2n) is 6.36. The summed E-state index contributed by atoms with van der Waals surface area (Å²) in [5.74, 6) is 0. The highest BCUT2D eigenvalue weighted by Crippen LogP contribution is 2.44. The van der Waals surface area contributed by atoms with E-state index in [1.165, 1.54) is 24.6 Å². The number of fused-ring (bicyclic) bond motifs is 3. The van der Waals surface area contributed by atoms with E-state index in [1.807, 2.05) is 48.5 Å². The van der Waals surface area contributed by atoms with Crippen LogP contribution in [-0.2, 0) is 10.8 Å². The van der Waals surface area contributed by atoms with Crippen LogP contribution in [0.25, 0.3) is 20.2 Å². The van der Waals surface area contributed by atoms with Crippen molar-refractivity contribution in [1.29, 1.82) is 0 Å². The van der Waals surface area contributed by atoms with Crippen molar-refractivity contribution in [3.63, 3.8) is 0 Å². The van der Waals surface area contributed by atoms with Crippen LogP contribution in [0.1, 0.15) is 0 Å². The molecule has 0 radical (unpaired) electrons. The summed E-state index contributed by atoms with van der Waals surface area (Å²) in [5.41, 5.74) is 0. The van der Waals surface area contributed by atoms with Gasteiger partial charge in [0.1, 0.15) is 0 Å². The lowest BCUT2D eigenvalue weighted by Crippen LogP contribution is -1.93. The SMILES string of the molecule is O=[S@@](c1ccccc1)c1cccc2sc3cccc(Sc4ccccc4)c3c12. The summed E-state index contributed by atoms with van der Waals surface area (Å²) in [6.45, 7) is 0. The summed E-state index contributed by atoms with van der Waals surface area (Å²) in [7, 11) is -1.21. The van der Waals surface area contributed by atoms with Gasteiger partial charge in [0.15, 0.2) is 0 Å². The summed E-state index contributed by atoms with van der Waals surface area (Å²) >= 11 is 3.53. The van der Waals surface area contributed by atoms with Gasteiger partial charge in [0.2, 0.25) is 0 Å². The molecule has 1 nitrogen and oxygen atoms in total. The van der Waals surface area contributed by atoms with Gasteiger partial charge in [-0.3, -0.25) is 0 Å². The van der Waals surface area contributed by atoms with Crippen LogP contribution in [0.3, 0.4) is 0 Å². The minimum absolute atomic E-state index is 0.836. The zero-order chi connectivity index (χ0) is 18.9. The van der Waals surface area contributed by atoms with E-state index >= 15 is 0 Å². The molecule has 28 heavy (non-hydrogen) atoms. The molecule has 5 aromatic rings. The predicted octanol–water partition coefficient (Wildman–Crippen LogP) is 7.37. The Morgan fingerprint density at radius 1 is 0.643 bits per heavy atom. The van der Waals surface area contributed by atoms with Gasteiger partial charge in [0, 0.05) is 34.9 Å². The van der Waals surface area contributed by atoms with Gasteiger partial charge in [-0.1, -0.05) is 60.3 Å². The van der Waals surface area contributed by atoms with Gasteiger partial charge in [-0.05, 0) is 48.5 Å². The second kappa shape index (κ2) is 7.55. The van der Waals surface area contributed by atoms with Crippen molar-refractivity contribution in [3.05, 3.63) is 97.1 Å². The average molecular weight is 417 g/mol. The predicted molar refractivity (Wildman–Crippen MR) is 121 cm³/mol. The van der Waals surface area contributed by atoms with Crippen LogP contribution < -0.4 is 0 Å². The molecule has 0 amide bonds. The largest absolute Gasteiger partial charge is 0.249 e. The molecule has 0 fully saturated rings. The van der Waals surface area contributed by atoms with Gasteiger partial charge >= 0.3 is 0 Å². The molecule has 0 aliphatic heterocycles. The lowest BCUT2D eigenvalue weighted by atomic mass is 10.1. The fourth-order valence-electron chi connectivity index (χ4n) is 3.33. The molecule has 136 valence electrons. The molecular weight excluding hydrogens is 400 g/mol. The Kier molecular flexibility index (Phi) is 4.77. The molecule has 0 aliphatic carbocycles. The first-order chi connectivity index (χ1) is 13.8. The summed E-state index contributed by atoms with van der Waals surface area (Å²) in [5, 5.41) is 2.32. The number of hydrogen-bond donors (Lipinski definition) is 0. The van der Waals surface area contributed by atoms with Gasteiger partial charge in [-0.2, -0.15) is 0 Å². The number of thiophene rings is 1. The lowest BCUT2D eigenvalue weighted by Gasteiger charge is -2.08. The topological polar surface area (TPSA) is 17.1 Å². The third kappa shape index (κ3) is 3.18. The molecule has 0 spiro atoms. The van der Waals surface area contributed by atoms with Crippen LogP contribution in [0.15, 0.2) is 117 Å². The minimum atomic E-state index is -1.21. The van der Waals surface area contributed by atoms with Crippen molar-refractivity contribution < 1.29 is 4.21 Å². The molecule has 5 rings (SSSR count). The van der Waals surface area contributed by atoms with Crippen molar-refractivity contribution >= 4 is 54.1 Å². The van der Waals surface area contributed by atoms with Crippen molar-refractivity contribution in [2.75, 3.05) is 0 Å². The molecule has 0 bridgehead atoms. The molecule has 0 saturated carbocycles. The van der Waals surface area contributed by atoms with Crippen LogP contribution in [0.5, 0.6) is 0 Å². The fraction of sp³-hybridized carbons (Fsp3) is 0. The van der Waals surface area contributed by atoms with E-state index in [2.05, 4.69) is 48.5 Å². The van der Waals surface area contributed by atoms with Crippen LogP contribution >= 0.6 is 23.1 Å². The highest BCUT2D eigenvalue weighted by Gasteiger charge is 2.17. The summed E-state index contributed by atoms with van der Waals surface area (Å²) in [4.78, 5) is 4.13. The zero-order valence-electron chi connectivity index (χ0n) is 14.9. The van der Waals surface area contributed by atoms with E-state index in [0.29, 0.717) is 0 Å². The van der Waals surface area contributed by atoms with Gasteiger partial charge in [-0.25, -0.2) is 4.21 Å². The van der Waals surface area contributed by atoms with Gasteiger partial charge in [0.05, 0.1) is 15.7 Å². The first kappa shape index (κ1) is 17.7. The molecule has 0 saturated heterocycles. The summed E-state index contributed by atoms with van der Waals surface area (Å²) in [6.07, 6.45) is 0. The van der Waals surface area contributed by atoms with E-state index in [9.17, 15) is 4.21 Å². The smallest absolute Gasteiger partial charge is 0.0856 e. The lowest BCUT2D eigenvalue weighted by molar-refractivity contribution is 0.684. The molecule has 0 aliphatic rings. The van der Waals surface area contributed by atoms with Crippen molar-refractivity contribution in [3.8, 4) is 0 Å². The standard InChI is InChI=1S/C24H16OS3/c25-28(18-11-5-2-6-12-18)22-16-8-15-21-24(22)23-19(13-7-14-20(23)27-21)26-17-9-3-1-4-10-17/h1-16H/t28-/m0/s1. The number of benzene rings is 4. The van der Waals surface area contributed by atoms with E-state index in [4.69, 9.17) is 0 Å². The normalized spacial score (nSPS) is 12.4. The quantitative estimate of drug-likeness (QED) is 0.304. The molecule has 1 aromatic heterocycles. The van der Waals surface area contributed by atoms with Gasteiger partial charge < -0.3 is 0 Å².